The van der Waals surface area contributed by atoms with Crippen LogP contribution in [-0.4, -0.2) is 42.4 Å². The van der Waals surface area contributed by atoms with Crippen molar-refractivity contribution in [2.45, 2.75) is 25.0 Å². The Morgan fingerprint density at radius 3 is 2.47 bits per heavy atom. The molecule has 1 aromatic heterocycles. The number of nitrogens with zero attached hydrogens (tertiary/aromatic N) is 4. The lowest BCUT2D eigenvalue weighted by atomic mass is 10.0. The second kappa shape index (κ2) is 7.70. The first-order valence-electron chi connectivity index (χ1n) is 11.0. The summed E-state index contributed by atoms with van der Waals surface area (Å²) in [5, 5.41) is 3.44. The van der Waals surface area contributed by atoms with Gasteiger partial charge in [-0.3, -0.25) is 0 Å². The van der Waals surface area contributed by atoms with Gasteiger partial charge < -0.3 is 19.9 Å². The molecule has 32 heavy (non-hydrogen) atoms. The average molecular weight is 435 g/mol. The Bertz CT molecular complexity index is 1130. The molecule has 3 aliphatic heterocycles. The summed E-state index contributed by atoms with van der Waals surface area (Å²) in [6, 6.07) is 10.2. The Morgan fingerprint density at radius 1 is 0.969 bits per heavy atom. The molecule has 0 aliphatic carbocycles. The van der Waals surface area contributed by atoms with Crippen molar-refractivity contribution in [3.63, 3.8) is 0 Å². The molecule has 0 saturated carbocycles. The van der Waals surface area contributed by atoms with E-state index in [1.54, 1.807) is 18.5 Å². The van der Waals surface area contributed by atoms with E-state index in [1.165, 1.54) is 12.1 Å². The molecule has 1 N–H and O–H groups in total. The number of hydrogen-bond acceptors (Lipinski definition) is 6. The van der Waals surface area contributed by atoms with Gasteiger partial charge in [0.2, 0.25) is 5.95 Å². The lowest BCUT2D eigenvalue weighted by molar-refractivity contribution is 0.122. The van der Waals surface area contributed by atoms with Gasteiger partial charge in [-0.05, 0) is 42.7 Å². The number of nitrogens with one attached hydrogen (secondary N) is 1. The minimum atomic E-state index is -0.307. The van der Waals surface area contributed by atoms with Crippen LogP contribution >= 0.6 is 0 Å². The van der Waals surface area contributed by atoms with Crippen molar-refractivity contribution < 1.29 is 13.5 Å². The molecule has 2 aromatic carbocycles. The highest BCUT2D eigenvalue weighted by Crippen LogP contribution is 2.49. The van der Waals surface area contributed by atoms with Crippen molar-refractivity contribution in [1.29, 1.82) is 0 Å². The second-order valence-electron chi connectivity index (χ2n) is 8.43. The van der Waals surface area contributed by atoms with E-state index in [2.05, 4.69) is 25.1 Å². The maximum Gasteiger partial charge on any atom is 0.225 e. The van der Waals surface area contributed by atoms with Crippen molar-refractivity contribution in [3.8, 4) is 11.1 Å². The fourth-order valence-corrected chi connectivity index (χ4v) is 4.98. The molecule has 6 nitrogen and oxygen atoms in total. The van der Waals surface area contributed by atoms with Gasteiger partial charge in [0.05, 0.1) is 36.8 Å². The lowest BCUT2D eigenvalue weighted by Crippen LogP contribution is -2.37. The van der Waals surface area contributed by atoms with Crippen LogP contribution in [0.3, 0.4) is 0 Å². The van der Waals surface area contributed by atoms with Crippen LogP contribution in [0.1, 0.15) is 24.4 Å². The molecular formula is C24H23F2N5O. The van der Waals surface area contributed by atoms with E-state index < -0.39 is 0 Å². The van der Waals surface area contributed by atoms with Crippen LogP contribution in [0.4, 0.5) is 26.1 Å². The van der Waals surface area contributed by atoms with Gasteiger partial charge in [0.25, 0.3) is 0 Å². The third-order valence-corrected chi connectivity index (χ3v) is 6.57. The van der Waals surface area contributed by atoms with E-state index in [0.29, 0.717) is 30.3 Å². The fraction of sp³-hybridized carbons (Fsp3) is 0.333. The number of morpholine rings is 1. The number of fused-ring (bicyclic) bond motifs is 3. The summed E-state index contributed by atoms with van der Waals surface area (Å²) in [6.07, 6.45) is 5.36. The Hall–Kier alpha value is -3.26. The summed E-state index contributed by atoms with van der Waals surface area (Å²) < 4.78 is 33.8. The monoisotopic (exact) mass is 435 g/mol. The molecule has 2 saturated heterocycles. The van der Waals surface area contributed by atoms with E-state index in [4.69, 9.17) is 4.74 Å². The van der Waals surface area contributed by atoms with E-state index >= 15 is 4.39 Å². The largest absolute Gasteiger partial charge is 0.378 e. The van der Waals surface area contributed by atoms with E-state index in [0.717, 1.165) is 42.9 Å². The van der Waals surface area contributed by atoms with E-state index in [1.807, 2.05) is 18.2 Å². The van der Waals surface area contributed by atoms with Gasteiger partial charge in [-0.1, -0.05) is 12.1 Å². The zero-order valence-corrected chi connectivity index (χ0v) is 17.5. The molecule has 6 rings (SSSR count). The van der Waals surface area contributed by atoms with Crippen molar-refractivity contribution in [2.24, 2.45) is 0 Å². The summed E-state index contributed by atoms with van der Waals surface area (Å²) in [5.74, 6) is 0.0860. The smallest absolute Gasteiger partial charge is 0.225 e. The molecule has 0 radical (unpaired) electrons. The SMILES string of the molecule is Fc1ccc([C@H]2CCC3Nc4cc(F)c(-c5cnc(N6CCOCC6)nc5)cc4N32)cc1. The molecule has 8 heteroatoms. The molecule has 164 valence electrons. The minimum absolute atomic E-state index is 0.106. The third kappa shape index (κ3) is 3.26. The molecule has 0 amide bonds. The lowest BCUT2D eigenvalue weighted by Gasteiger charge is -2.27. The molecule has 1 unspecified atom stereocenters. The molecule has 3 aromatic rings. The average Bonchev–Trinajstić information content (AvgIpc) is 3.39. The molecule has 2 fully saturated rings. The summed E-state index contributed by atoms with van der Waals surface area (Å²) in [5.41, 5.74) is 3.92. The molecular weight excluding hydrogens is 412 g/mol. The zero-order chi connectivity index (χ0) is 21.7. The van der Waals surface area contributed by atoms with Crippen LogP contribution in [0, 0.1) is 11.6 Å². The topological polar surface area (TPSA) is 53.5 Å². The maximum atomic E-state index is 15.0. The first-order chi connectivity index (χ1) is 15.7. The van der Waals surface area contributed by atoms with Gasteiger partial charge in [0.15, 0.2) is 0 Å². The highest BCUT2D eigenvalue weighted by atomic mass is 19.1. The summed E-state index contributed by atoms with van der Waals surface area (Å²) in [4.78, 5) is 13.3. The molecule has 0 spiro atoms. The standard InChI is InChI=1S/C24H23F2N5O/c25-17-3-1-15(2-4-17)21-5-6-23-29-20-12-19(26)18(11-22(20)31(21)23)16-13-27-24(28-14-16)30-7-9-32-10-8-30/h1-4,11-14,21,23,29H,5-10H2/t21-,23?/m1/s1. The number of halogens is 2. The van der Waals surface area contributed by atoms with Crippen LogP contribution in [0.2, 0.25) is 0 Å². The third-order valence-electron chi connectivity index (χ3n) is 6.57. The number of ether oxygens (including phenoxy) is 1. The van der Waals surface area contributed by atoms with Gasteiger partial charge >= 0.3 is 0 Å². The van der Waals surface area contributed by atoms with Crippen molar-refractivity contribution >= 4 is 17.3 Å². The Kier molecular flexibility index (Phi) is 4.68. The van der Waals surface area contributed by atoms with Gasteiger partial charge in [-0.2, -0.15) is 0 Å². The van der Waals surface area contributed by atoms with Crippen molar-refractivity contribution in [3.05, 3.63) is 66.0 Å². The van der Waals surface area contributed by atoms with Crippen molar-refractivity contribution in [1.82, 2.24) is 9.97 Å². The first kappa shape index (κ1) is 19.4. The van der Waals surface area contributed by atoms with E-state index in [9.17, 15) is 4.39 Å². The van der Waals surface area contributed by atoms with Gasteiger partial charge in [0, 0.05) is 36.6 Å². The number of benzene rings is 2. The quantitative estimate of drug-likeness (QED) is 0.660. The normalized spacial score (nSPS) is 21.9. The van der Waals surface area contributed by atoms with Gasteiger partial charge in [-0.25, -0.2) is 18.7 Å². The van der Waals surface area contributed by atoms with E-state index in [-0.39, 0.29) is 23.8 Å². The molecule has 2 atom stereocenters. The summed E-state index contributed by atoms with van der Waals surface area (Å²) >= 11 is 0. The van der Waals surface area contributed by atoms with Crippen LogP contribution in [0.15, 0.2) is 48.8 Å². The predicted octanol–water partition coefficient (Wildman–Crippen LogP) is 4.35. The first-order valence-corrected chi connectivity index (χ1v) is 11.0. The summed E-state index contributed by atoms with van der Waals surface area (Å²) in [7, 11) is 0. The summed E-state index contributed by atoms with van der Waals surface area (Å²) in [6.45, 7) is 2.81. The zero-order valence-electron chi connectivity index (χ0n) is 17.5. The van der Waals surface area contributed by atoms with Crippen LogP contribution < -0.4 is 15.1 Å². The van der Waals surface area contributed by atoms with Crippen LogP contribution in [0.5, 0.6) is 0 Å². The molecule has 3 aliphatic rings. The molecule has 4 heterocycles. The van der Waals surface area contributed by atoms with Crippen LogP contribution in [0.25, 0.3) is 11.1 Å². The highest BCUT2D eigenvalue weighted by molar-refractivity contribution is 5.83. The van der Waals surface area contributed by atoms with Gasteiger partial charge in [0.1, 0.15) is 11.6 Å². The van der Waals surface area contributed by atoms with Crippen molar-refractivity contribution in [2.75, 3.05) is 41.4 Å². The number of rotatable bonds is 3. The number of aromatic nitrogens is 2. The predicted molar refractivity (Wildman–Crippen MR) is 119 cm³/mol. The number of anilines is 3. The fourth-order valence-electron chi connectivity index (χ4n) is 4.98. The Morgan fingerprint density at radius 2 is 1.72 bits per heavy atom. The molecule has 0 bridgehead atoms. The van der Waals surface area contributed by atoms with Crippen LogP contribution in [-0.2, 0) is 4.74 Å². The highest BCUT2D eigenvalue weighted by Gasteiger charge is 2.40. The second-order valence-corrected chi connectivity index (χ2v) is 8.43. The number of hydrogen-bond donors (Lipinski definition) is 1. The van der Waals surface area contributed by atoms with Gasteiger partial charge in [-0.15, -0.1) is 0 Å². The minimum Gasteiger partial charge on any atom is -0.378 e. The maximum absolute atomic E-state index is 15.0. The Balaban J connectivity index is 1.33. The Labute approximate surface area is 184 Å².